The SMILES string of the molecule is CCSCCCOc1ccc(CN)cc1[N+](=O)[O-]. The maximum absolute atomic E-state index is 10.9. The Hall–Kier alpha value is -1.27. The van der Waals surface area contributed by atoms with Crippen molar-refractivity contribution in [1.29, 1.82) is 0 Å². The van der Waals surface area contributed by atoms with Gasteiger partial charge in [0.15, 0.2) is 5.75 Å². The third kappa shape index (κ3) is 4.54. The zero-order chi connectivity index (χ0) is 13.4. The highest BCUT2D eigenvalue weighted by Gasteiger charge is 2.15. The van der Waals surface area contributed by atoms with E-state index in [2.05, 4.69) is 6.92 Å². The molecular formula is C12H18N2O3S. The summed E-state index contributed by atoms with van der Waals surface area (Å²) in [5.41, 5.74) is 6.18. The lowest BCUT2D eigenvalue weighted by atomic mass is 10.2. The van der Waals surface area contributed by atoms with E-state index in [1.54, 1.807) is 12.1 Å². The Bertz CT molecular complexity index is 399. The Morgan fingerprint density at radius 2 is 2.28 bits per heavy atom. The second-order valence-corrected chi connectivity index (χ2v) is 5.06. The molecule has 6 heteroatoms. The van der Waals surface area contributed by atoms with E-state index < -0.39 is 4.92 Å². The van der Waals surface area contributed by atoms with Crippen LogP contribution in [0.1, 0.15) is 18.9 Å². The fourth-order valence-corrected chi connectivity index (χ4v) is 2.05. The normalized spacial score (nSPS) is 10.3. The van der Waals surface area contributed by atoms with Crippen molar-refractivity contribution >= 4 is 17.4 Å². The van der Waals surface area contributed by atoms with Crippen LogP contribution in [0.2, 0.25) is 0 Å². The highest BCUT2D eigenvalue weighted by Crippen LogP contribution is 2.28. The van der Waals surface area contributed by atoms with Gasteiger partial charge in [0.1, 0.15) is 0 Å². The maximum Gasteiger partial charge on any atom is 0.311 e. The second-order valence-electron chi connectivity index (χ2n) is 3.66. The van der Waals surface area contributed by atoms with Crippen molar-refractivity contribution in [3.63, 3.8) is 0 Å². The molecule has 100 valence electrons. The van der Waals surface area contributed by atoms with E-state index >= 15 is 0 Å². The summed E-state index contributed by atoms with van der Waals surface area (Å²) in [6.07, 6.45) is 0.883. The van der Waals surface area contributed by atoms with Gasteiger partial charge in [-0.3, -0.25) is 10.1 Å². The van der Waals surface area contributed by atoms with Crippen molar-refractivity contribution in [2.24, 2.45) is 5.73 Å². The second kappa shape index (κ2) is 7.94. The monoisotopic (exact) mass is 270 g/mol. The minimum Gasteiger partial charge on any atom is -0.487 e. The molecule has 0 atom stereocenters. The van der Waals surface area contributed by atoms with Gasteiger partial charge in [-0.2, -0.15) is 11.8 Å². The van der Waals surface area contributed by atoms with Crippen molar-refractivity contribution in [1.82, 2.24) is 0 Å². The molecule has 18 heavy (non-hydrogen) atoms. The molecule has 1 aromatic rings. The van der Waals surface area contributed by atoms with Crippen molar-refractivity contribution < 1.29 is 9.66 Å². The van der Waals surface area contributed by atoms with Crippen LogP contribution in [0.25, 0.3) is 0 Å². The van der Waals surface area contributed by atoms with E-state index in [0.29, 0.717) is 12.4 Å². The summed E-state index contributed by atoms with van der Waals surface area (Å²) in [4.78, 5) is 10.5. The smallest absolute Gasteiger partial charge is 0.311 e. The Morgan fingerprint density at radius 1 is 1.50 bits per heavy atom. The van der Waals surface area contributed by atoms with Gasteiger partial charge in [0.25, 0.3) is 0 Å². The Kier molecular flexibility index (Phi) is 6.53. The van der Waals surface area contributed by atoms with Gasteiger partial charge in [0.2, 0.25) is 0 Å². The fourth-order valence-electron chi connectivity index (χ4n) is 1.44. The molecule has 5 nitrogen and oxygen atoms in total. The summed E-state index contributed by atoms with van der Waals surface area (Å²) in [7, 11) is 0. The highest BCUT2D eigenvalue weighted by molar-refractivity contribution is 7.99. The van der Waals surface area contributed by atoms with Crippen LogP contribution in [0.5, 0.6) is 5.75 Å². The Morgan fingerprint density at radius 3 is 2.89 bits per heavy atom. The number of thioether (sulfide) groups is 1. The number of nitrogens with two attached hydrogens (primary N) is 1. The van der Waals surface area contributed by atoms with Gasteiger partial charge in [-0.1, -0.05) is 13.0 Å². The topological polar surface area (TPSA) is 78.4 Å². The third-order valence-electron chi connectivity index (χ3n) is 2.35. The molecule has 0 spiro atoms. The molecule has 2 N–H and O–H groups in total. The summed E-state index contributed by atoms with van der Waals surface area (Å²) < 4.78 is 5.45. The summed E-state index contributed by atoms with van der Waals surface area (Å²) in [5, 5.41) is 10.9. The van der Waals surface area contributed by atoms with Gasteiger partial charge in [-0.05, 0) is 29.6 Å². The average molecular weight is 270 g/mol. The van der Waals surface area contributed by atoms with Gasteiger partial charge in [-0.25, -0.2) is 0 Å². The van der Waals surface area contributed by atoms with E-state index in [0.717, 1.165) is 23.5 Å². The third-order valence-corrected chi connectivity index (χ3v) is 3.34. The molecule has 0 radical (unpaired) electrons. The van der Waals surface area contributed by atoms with Crippen LogP contribution in [0.4, 0.5) is 5.69 Å². The number of ether oxygens (including phenoxy) is 1. The average Bonchev–Trinajstić information content (AvgIpc) is 2.38. The standard InChI is InChI=1S/C12H18N2O3S/c1-2-18-7-3-6-17-12-5-4-10(9-13)8-11(12)14(15)16/h4-5,8H,2-3,6-7,9,13H2,1H3. The quantitative estimate of drug-likeness (QED) is 0.446. The lowest BCUT2D eigenvalue weighted by Gasteiger charge is -2.07. The van der Waals surface area contributed by atoms with E-state index in [1.165, 1.54) is 6.07 Å². The number of hydrogen-bond donors (Lipinski definition) is 1. The number of benzene rings is 1. The van der Waals surface area contributed by atoms with Crippen LogP contribution in [0.3, 0.4) is 0 Å². The first-order chi connectivity index (χ1) is 8.69. The minimum absolute atomic E-state index is 0.0129. The zero-order valence-electron chi connectivity index (χ0n) is 10.4. The molecule has 0 saturated carbocycles. The highest BCUT2D eigenvalue weighted by atomic mass is 32.2. The molecule has 1 rings (SSSR count). The van der Waals surface area contributed by atoms with Crippen molar-refractivity contribution in [3.8, 4) is 5.75 Å². The van der Waals surface area contributed by atoms with Gasteiger partial charge >= 0.3 is 5.69 Å². The van der Waals surface area contributed by atoms with E-state index in [-0.39, 0.29) is 12.2 Å². The minimum atomic E-state index is -0.435. The van der Waals surface area contributed by atoms with Crippen LogP contribution >= 0.6 is 11.8 Å². The Labute approximate surface area is 111 Å². The van der Waals surface area contributed by atoms with E-state index in [1.807, 2.05) is 11.8 Å². The van der Waals surface area contributed by atoms with Gasteiger partial charge in [0, 0.05) is 12.6 Å². The van der Waals surface area contributed by atoms with Crippen LogP contribution in [0, 0.1) is 10.1 Å². The molecule has 0 fully saturated rings. The van der Waals surface area contributed by atoms with Crippen molar-refractivity contribution in [2.45, 2.75) is 19.9 Å². The maximum atomic E-state index is 10.9. The first kappa shape index (κ1) is 14.8. The van der Waals surface area contributed by atoms with Gasteiger partial charge in [-0.15, -0.1) is 0 Å². The van der Waals surface area contributed by atoms with Crippen molar-refractivity contribution in [3.05, 3.63) is 33.9 Å². The molecular weight excluding hydrogens is 252 g/mol. The molecule has 0 aromatic heterocycles. The number of hydrogen-bond acceptors (Lipinski definition) is 5. The molecule has 0 unspecified atom stereocenters. The van der Waals surface area contributed by atoms with Crippen LogP contribution in [-0.4, -0.2) is 23.0 Å². The predicted molar refractivity (Wildman–Crippen MR) is 74.1 cm³/mol. The molecule has 1 aromatic carbocycles. The Balaban J connectivity index is 2.61. The number of nitrogens with zero attached hydrogens (tertiary/aromatic N) is 1. The summed E-state index contributed by atoms with van der Waals surface area (Å²) >= 11 is 1.83. The molecule has 0 bridgehead atoms. The molecule has 0 saturated heterocycles. The van der Waals surface area contributed by atoms with Crippen LogP contribution in [-0.2, 0) is 6.54 Å². The zero-order valence-corrected chi connectivity index (χ0v) is 11.2. The summed E-state index contributed by atoms with van der Waals surface area (Å²) in [6, 6.07) is 4.84. The lowest BCUT2D eigenvalue weighted by Crippen LogP contribution is -2.03. The number of rotatable bonds is 8. The molecule has 0 amide bonds. The number of nitro groups is 1. The van der Waals surface area contributed by atoms with Crippen LogP contribution < -0.4 is 10.5 Å². The van der Waals surface area contributed by atoms with E-state index in [4.69, 9.17) is 10.5 Å². The first-order valence-electron chi connectivity index (χ1n) is 5.87. The molecule has 0 aliphatic heterocycles. The number of nitro benzene ring substituents is 1. The summed E-state index contributed by atoms with van der Waals surface area (Å²) in [5.74, 6) is 2.40. The van der Waals surface area contributed by atoms with Crippen molar-refractivity contribution in [2.75, 3.05) is 18.1 Å². The summed E-state index contributed by atoms with van der Waals surface area (Å²) in [6.45, 7) is 2.88. The fraction of sp³-hybridized carbons (Fsp3) is 0.500. The predicted octanol–water partition coefficient (Wildman–Crippen LogP) is 2.58. The molecule has 0 heterocycles. The van der Waals surface area contributed by atoms with Gasteiger partial charge < -0.3 is 10.5 Å². The van der Waals surface area contributed by atoms with E-state index in [9.17, 15) is 10.1 Å². The molecule has 0 aliphatic rings. The molecule has 0 aliphatic carbocycles. The van der Waals surface area contributed by atoms with Gasteiger partial charge in [0.05, 0.1) is 11.5 Å². The van der Waals surface area contributed by atoms with Crippen LogP contribution in [0.15, 0.2) is 18.2 Å². The largest absolute Gasteiger partial charge is 0.487 e. The lowest BCUT2D eigenvalue weighted by molar-refractivity contribution is -0.385. The first-order valence-corrected chi connectivity index (χ1v) is 7.02.